The van der Waals surface area contributed by atoms with Gasteiger partial charge in [-0.2, -0.15) is 13.2 Å². The standard InChI is InChI=1S/C21H27F3O8/c1-5-20(3,4)19(28)30-8-13(25)32-16-10-6-11(14-12(10)7-29-17(14)26)15(16)18(27)31-9(2)21(22,23)24/h9-12,14-16H,5-8H2,1-4H3. The van der Waals surface area contributed by atoms with Crippen molar-refractivity contribution in [3.63, 3.8) is 0 Å². The van der Waals surface area contributed by atoms with E-state index in [9.17, 15) is 32.3 Å². The van der Waals surface area contributed by atoms with Crippen molar-refractivity contribution in [1.82, 2.24) is 0 Å². The minimum Gasteiger partial charge on any atom is -0.465 e. The van der Waals surface area contributed by atoms with Gasteiger partial charge >= 0.3 is 30.1 Å². The van der Waals surface area contributed by atoms with Crippen LogP contribution in [0.3, 0.4) is 0 Å². The van der Waals surface area contributed by atoms with Crippen molar-refractivity contribution in [3.05, 3.63) is 0 Å². The van der Waals surface area contributed by atoms with E-state index in [1.54, 1.807) is 20.8 Å². The molecule has 1 heterocycles. The van der Waals surface area contributed by atoms with Gasteiger partial charge in [0.2, 0.25) is 0 Å². The normalized spacial score (nSPS) is 32.2. The maximum absolute atomic E-state index is 12.9. The Morgan fingerprint density at radius 1 is 1.16 bits per heavy atom. The fourth-order valence-electron chi connectivity index (χ4n) is 4.77. The lowest BCUT2D eigenvalue weighted by molar-refractivity contribution is -0.222. The summed E-state index contributed by atoms with van der Waals surface area (Å²) in [5.41, 5.74) is -0.804. The lowest BCUT2D eigenvalue weighted by Gasteiger charge is -2.34. The Morgan fingerprint density at radius 2 is 1.81 bits per heavy atom. The lowest BCUT2D eigenvalue weighted by Crippen LogP contribution is -2.47. The molecule has 3 rings (SSSR count). The van der Waals surface area contributed by atoms with Crippen molar-refractivity contribution in [2.75, 3.05) is 13.2 Å². The van der Waals surface area contributed by atoms with Crippen molar-refractivity contribution in [2.45, 2.75) is 58.9 Å². The van der Waals surface area contributed by atoms with E-state index in [-0.39, 0.29) is 12.5 Å². The number of hydrogen-bond donors (Lipinski definition) is 0. The molecule has 32 heavy (non-hydrogen) atoms. The van der Waals surface area contributed by atoms with Crippen LogP contribution in [0.4, 0.5) is 13.2 Å². The first-order chi connectivity index (χ1) is 14.8. The third kappa shape index (κ3) is 4.43. The number of ether oxygens (including phenoxy) is 4. The average Bonchev–Trinajstić information content (AvgIpc) is 3.36. The van der Waals surface area contributed by atoms with Gasteiger partial charge in [0.15, 0.2) is 12.7 Å². The van der Waals surface area contributed by atoms with Crippen LogP contribution >= 0.6 is 0 Å². The van der Waals surface area contributed by atoms with E-state index < -0.39 is 78.0 Å². The molecular formula is C21H27F3O8. The molecule has 1 aliphatic heterocycles. The molecule has 0 aromatic rings. The number of carbonyl (C=O) groups excluding carboxylic acids is 4. The molecule has 180 valence electrons. The zero-order valence-electron chi connectivity index (χ0n) is 18.3. The van der Waals surface area contributed by atoms with Gasteiger partial charge in [-0.15, -0.1) is 0 Å². The highest BCUT2D eigenvalue weighted by Crippen LogP contribution is 2.59. The van der Waals surface area contributed by atoms with Crippen LogP contribution in [0, 0.1) is 35.0 Å². The molecule has 7 unspecified atom stereocenters. The molecule has 0 aromatic carbocycles. The molecule has 8 nitrogen and oxygen atoms in total. The SMILES string of the molecule is CCC(C)(C)C(=O)OCC(=O)OC1C2CC(C3C(=O)OCC23)C1C(=O)OC(C)C(F)(F)F. The molecule has 2 bridgehead atoms. The highest BCUT2D eigenvalue weighted by molar-refractivity contribution is 5.82. The zero-order chi connectivity index (χ0) is 24.0. The van der Waals surface area contributed by atoms with Crippen molar-refractivity contribution >= 4 is 23.9 Å². The number of fused-ring (bicyclic) bond motifs is 5. The largest absolute Gasteiger partial charge is 0.465 e. The van der Waals surface area contributed by atoms with Gasteiger partial charge in [0, 0.05) is 11.8 Å². The fourth-order valence-corrected chi connectivity index (χ4v) is 4.77. The maximum Gasteiger partial charge on any atom is 0.425 e. The van der Waals surface area contributed by atoms with E-state index in [0.717, 1.165) is 0 Å². The number of rotatable bonds is 7. The molecule has 2 saturated carbocycles. The quantitative estimate of drug-likeness (QED) is 0.418. The number of hydrogen-bond acceptors (Lipinski definition) is 8. The van der Waals surface area contributed by atoms with Gasteiger partial charge in [-0.05, 0) is 39.5 Å². The van der Waals surface area contributed by atoms with E-state index >= 15 is 0 Å². The summed E-state index contributed by atoms with van der Waals surface area (Å²) in [4.78, 5) is 49.2. The van der Waals surface area contributed by atoms with Crippen molar-refractivity contribution in [2.24, 2.45) is 35.0 Å². The minimum absolute atomic E-state index is 0.0963. The Kier molecular flexibility index (Phi) is 6.50. The molecule has 3 aliphatic rings. The molecule has 3 fully saturated rings. The lowest BCUT2D eigenvalue weighted by atomic mass is 9.73. The first-order valence-corrected chi connectivity index (χ1v) is 10.6. The third-order valence-corrected chi connectivity index (χ3v) is 7.00. The number of esters is 4. The number of alkyl halides is 3. The van der Waals surface area contributed by atoms with Crippen molar-refractivity contribution < 1.29 is 51.3 Å². The Hall–Kier alpha value is -2.33. The first kappa shape index (κ1) is 24.3. The molecule has 11 heteroatoms. The van der Waals surface area contributed by atoms with E-state index in [4.69, 9.17) is 14.2 Å². The first-order valence-electron chi connectivity index (χ1n) is 10.6. The molecule has 0 amide bonds. The van der Waals surface area contributed by atoms with Crippen LogP contribution < -0.4 is 0 Å². The van der Waals surface area contributed by atoms with Crippen LogP contribution in [-0.4, -0.2) is 55.5 Å². The zero-order valence-corrected chi connectivity index (χ0v) is 18.3. The predicted molar refractivity (Wildman–Crippen MR) is 99.5 cm³/mol. The molecule has 0 radical (unpaired) electrons. The molecule has 0 N–H and O–H groups in total. The highest BCUT2D eigenvalue weighted by atomic mass is 19.4. The minimum atomic E-state index is -4.76. The van der Waals surface area contributed by atoms with Gasteiger partial charge in [0.05, 0.1) is 23.9 Å². The molecular weight excluding hydrogens is 437 g/mol. The van der Waals surface area contributed by atoms with Gasteiger partial charge in [-0.3, -0.25) is 14.4 Å². The van der Waals surface area contributed by atoms with E-state index in [2.05, 4.69) is 4.74 Å². The number of cyclic esters (lactones) is 1. The second-order valence-corrected chi connectivity index (χ2v) is 9.30. The Labute approximate surface area is 183 Å². The van der Waals surface area contributed by atoms with E-state index in [1.807, 2.05) is 0 Å². The van der Waals surface area contributed by atoms with Crippen LogP contribution in [0.15, 0.2) is 0 Å². The molecule has 1 saturated heterocycles. The van der Waals surface area contributed by atoms with Gasteiger partial charge in [0.25, 0.3) is 0 Å². The van der Waals surface area contributed by atoms with Gasteiger partial charge in [-0.1, -0.05) is 6.92 Å². The molecule has 2 aliphatic carbocycles. The highest BCUT2D eigenvalue weighted by Gasteiger charge is 2.67. The van der Waals surface area contributed by atoms with Gasteiger partial charge in [-0.25, -0.2) is 4.79 Å². The summed E-state index contributed by atoms with van der Waals surface area (Å²) in [6.45, 7) is 5.20. The van der Waals surface area contributed by atoms with Gasteiger partial charge in [0.1, 0.15) is 6.10 Å². The monoisotopic (exact) mass is 464 g/mol. The summed E-state index contributed by atoms with van der Waals surface area (Å²) in [7, 11) is 0. The summed E-state index contributed by atoms with van der Waals surface area (Å²) in [6, 6.07) is 0. The second kappa shape index (κ2) is 8.55. The summed E-state index contributed by atoms with van der Waals surface area (Å²) < 4.78 is 58.8. The fraction of sp³-hybridized carbons (Fsp3) is 0.810. The second-order valence-electron chi connectivity index (χ2n) is 9.30. The van der Waals surface area contributed by atoms with Crippen molar-refractivity contribution in [1.29, 1.82) is 0 Å². The number of carbonyl (C=O) groups is 4. The third-order valence-electron chi connectivity index (χ3n) is 7.00. The van der Waals surface area contributed by atoms with E-state index in [0.29, 0.717) is 19.8 Å². The molecule has 7 atom stereocenters. The Bertz CT molecular complexity index is 792. The maximum atomic E-state index is 12.9. The smallest absolute Gasteiger partial charge is 0.425 e. The van der Waals surface area contributed by atoms with Crippen LogP contribution in [0.2, 0.25) is 0 Å². The van der Waals surface area contributed by atoms with Crippen LogP contribution in [-0.2, 0) is 38.1 Å². The summed E-state index contributed by atoms with van der Waals surface area (Å²) in [6.07, 6.45) is -7.39. The van der Waals surface area contributed by atoms with Gasteiger partial charge < -0.3 is 18.9 Å². The molecule has 0 aromatic heterocycles. The topological polar surface area (TPSA) is 105 Å². The predicted octanol–water partition coefficient (Wildman–Crippen LogP) is 2.43. The van der Waals surface area contributed by atoms with Crippen molar-refractivity contribution in [3.8, 4) is 0 Å². The Balaban J connectivity index is 1.72. The van der Waals surface area contributed by atoms with Crippen LogP contribution in [0.5, 0.6) is 0 Å². The van der Waals surface area contributed by atoms with E-state index in [1.165, 1.54) is 0 Å². The summed E-state index contributed by atoms with van der Waals surface area (Å²) in [5.74, 6) is -6.47. The average molecular weight is 464 g/mol. The summed E-state index contributed by atoms with van der Waals surface area (Å²) in [5, 5.41) is 0. The number of halogens is 3. The van der Waals surface area contributed by atoms with Crippen LogP contribution in [0.1, 0.15) is 40.5 Å². The van der Waals surface area contributed by atoms with Crippen LogP contribution in [0.25, 0.3) is 0 Å². The summed E-state index contributed by atoms with van der Waals surface area (Å²) >= 11 is 0. The molecule has 0 spiro atoms. The Morgan fingerprint density at radius 3 is 2.41 bits per heavy atom.